The van der Waals surface area contributed by atoms with Crippen molar-refractivity contribution in [3.05, 3.63) is 0 Å². The molecule has 1 aliphatic heterocycles. The summed E-state index contributed by atoms with van der Waals surface area (Å²) in [7, 11) is 2.25. The van der Waals surface area contributed by atoms with E-state index < -0.39 is 0 Å². The molecule has 0 aromatic heterocycles. The van der Waals surface area contributed by atoms with Crippen LogP contribution in [0, 0.1) is 5.92 Å². The van der Waals surface area contributed by atoms with Crippen LogP contribution in [0.3, 0.4) is 0 Å². The van der Waals surface area contributed by atoms with Gasteiger partial charge in [0.15, 0.2) is 0 Å². The lowest BCUT2D eigenvalue weighted by Gasteiger charge is -2.50. The average molecular weight is 212 g/mol. The Labute approximate surface area is 95.6 Å². The minimum Gasteiger partial charge on any atom is -0.298 e. The molecule has 0 N–H and O–H groups in total. The topological polar surface area (TPSA) is 6.48 Å². The molecule has 0 aliphatic carbocycles. The maximum absolute atomic E-state index is 2.66. The highest BCUT2D eigenvalue weighted by Gasteiger charge is 2.36. The molecule has 2 atom stereocenters. The minimum absolute atomic E-state index is 0.323. The molecule has 0 amide bonds. The van der Waals surface area contributed by atoms with Crippen LogP contribution < -0.4 is 0 Å². The van der Waals surface area contributed by atoms with E-state index in [1.54, 1.807) is 0 Å². The lowest BCUT2D eigenvalue weighted by molar-refractivity contribution is -0.0172. The van der Waals surface area contributed by atoms with Crippen LogP contribution in [0.15, 0.2) is 0 Å². The molecule has 0 aromatic rings. The van der Waals surface area contributed by atoms with E-state index in [1.807, 2.05) is 0 Å². The number of hydrogen-bond donors (Lipinski definition) is 0. The second kappa shape index (κ2) is 4.42. The first-order valence-electron chi connectivity index (χ1n) is 6.23. The smallest absolute Gasteiger partial charge is 0.0195 e. The molecule has 15 heavy (non-hydrogen) atoms. The molecule has 0 bridgehead atoms. The second-order valence-electron chi connectivity index (χ2n) is 6.08. The van der Waals surface area contributed by atoms with E-state index in [0.717, 1.165) is 0 Å². The molecular weight excluding hydrogens is 184 g/mol. The fourth-order valence-electron chi connectivity index (χ4n) is 2.24. The molecule has 2 heteroatoms. The van der Waals surface area contributed by atoms with E-state index in [0.29, 0.717) is 23.5 Å². The number of piperazine rings is 1. The molecule has 1 rings (SSSR count). The summed E-state index contributed by atoms with van der Waals surface area (Å²) in [5, 5.41) is 0. The Balaban J connectivity index is 2.73. The van der Waals surface area contributed by atoms with Crippen LogP contribution in [0.1, 0.15) is 41.5 Å². The lowest BCUT2D eigenvalue weighted by atomic mass is 9.87. The van der Waals surface area contributed by atoms with Crippen molar-refractivity contribution < 1.29 is 0 Å². The van der Waals surface area contributed by atoms with E-state index >= 15 is 0 Å². The quantitative estimate of drug-likeness (QED) is 0.694. The molecule has 2 nitrogen and oxygen atoms in total. The van der Waals surface area contributed by atoms with Crippen LogP contribution in [0.4, 0.5) is 0 Å². The van der Waals surface area contributed by atoms with Crippen LogP contribution in [0.5, 0.6) is 0 Å². The van der Waals surface area contributed by atoms with Crippen molar-refractivity contribution in [3.8, 4) is 0 Å². The summed E-state index contributed by atoms with van der Waals surface area (Å²) < 4.78 is 0. The van der Waals surface area contributed by atoms with E-state index in [2.05, 4.69) is 58.4 Å². The first-order valence-corrected chi connectivity index (χ1v) is 6.23. The zero-order chi connectivity index (χ0) is 11.8. The predicted molar refractivity (Wildman–Crippen MR) is 67.2 cm³/mol. The van der Waals surface area contributed by atoms with Crippen LogP contribution >= 0.6 is 0 Å². The monoisotopic (exact) mass is 212 g/mol. The van der Waals surface area contributed by atoms with Gasteiger partial charge in [-0.05, 0) is 40.7 Å². The summed E-state index contributed by atoms with van der Waals surface area (Å²) in [6, 6.07) is 1.35. The molecular formula is C13H28N2. The predicted octanol–water partition coefficient (Wildman–Crippen LogP) is 2.45. The summed E-state index contributed by atoms with van der Waals surface area (Å²) in [5.74, 6) is 0.709. The van der Waals surface area contributed by atoms with E-state index in [1.165, 1.54) is 13.1 Å². The zero-order valence-electron chi connectivity index (χ0n) is 11.5. The van der Waals surface area contributed by atoms with Gasteiger partial charge < -0.3 is 0 Å². The first kappa shape index (κ1) is 13.0. The molecule has 1 heterocycles. The summed E-state index contributed by atoms with van der Waals surface area (Å²) in [5.41, 5.74) is 0.323. The molecule has 0 spiro atoms. The highest BCUT2D eigenvalue weighted by atomic mass is 15.3. The first-order chi connectivity index (χ1) is 6.76. The third kappa shape index (κ3) is 2.54. The molecule has 0 aromatic carbocycles. The minimum atomic E-state index is 0.323. The van der Waals surface area contributed by atoms with E-state index in [9.17, 15) is 0 Å². The Hall–Kier alpha value is -0.0800. The number of hydrogen-bond acceptors (Lipinski definition) is 2. The number of likely N-dealkylation sites (N-methyl/N-ethyl adjacent to an activating group) is 1. The largest absolute Gasteiger partial charge is 0.298 e. The Morgan fingerprint density at radius 3 is 1.80 bits per heavy atom. The van der Waals surface area contributed by atoms with Crippen LogP contribution in [0.25, 0.3) is 0 Å². The summed E-state index contributed by atoms with van der Waals surface area (Å²) in [6.45, 7) is 16.5. The maximum atomic E-state index is 2.66. The van der Waals surface area contributed by atoms with Gasteiger partial charge in [-0.2, -0.15) is 0 Å². The van der Waals surface area contributed by atoms with E-state index in [-0.39, 0.29) is 0 Å². The van der Waals surface area contributed by atoms with Gasteiger partial charge in [-0.3, -0.25) is 9.80 Å². The fraction of sp³-hybridized carbons (Fsp3) is 1.00. The van der Waals surface area contributed by atoms with Crippen molar-refractivity contribution in [2.24, 2.45) is 5.92 Å². The van der Waals surface area contributed by atoms with Crippen LogP contribution in [-0.4, -0.2) is 47.6 Å². The average Bonchev–Trinajstić information content (AvgIpc) is 2.13. The van der Waals surface area contributed by atoms with Crippen LogP contribution in [-0.2, 0) is 0 Å². The van der Waals surface area contributed by atoms with Gasteiger partial charge in [0.05, 0.1) is 0 Å². The van der Waals surface area contributed by atoms with Gasteiger partial charge in [-0.1, -0.05) is 13.8 Å². The highest BCUT2D eigenvalue weighted by molar-refractivity contribution is 4.92. The molecule has 1 saturated heterocycles. The summed E-state index contributed by atoms with van der Waals surface area (Å²) >= 11 is 0. The molecule has 1 fully saturated rings. The van der Waals surface area contributed by atoms with Crippen molar-refractivity contribution in [3.63, 3.8) is 0 Å². The van der Waals surface area contributed by atoms with Crippen LogP contribution in [0.2, 0.25) is 0 Å². The van der Waals surface area contributed by atoms with Gasteiger partial charge in [-0.25, -0.2) is 0 Å². The van der Waals surface area contributed by atoms with Crippen molar-refractivity contribution in [1.29, 1.82) is 0 Å². The SMILES string of the molecule is CC1CN(C(C)(C)C(C)C)CC(C)N1C. The number of nitrogens with zero attached hydrogens (tertiary/aromatic N) is 2. The Morgan fingerprint density at radius 2 is 1.47 bits per heavy atom. The summed E-state index contributed by atoms with van der Waals surface area (Å²) in [6.07, 6.45) is 0. The fourth-order valence-corrected chi connectivity index (χ4v) is 2.24. The number of rotatable bonds is 2. The Bertz CT molecular complexity index is 199. The Kier molecular flexibility index (Phi) is 3.83. The van der Waals surface area contributed by atoms with Crippen molar-refractivity contribution in [1.82, 2.24) is 9.80 Å². The van der Waals surface area contributed by atoms with Crippen molar-refractivity contribution in [2.75, 3.05) is 20.1 Å². The summed E-state index contributed by atoms with van der Waals surface area (Å²) in [4.78, 5) is 5.15. The standard InChI is InChI=1S/C13H28N2/c1-10(2)13(5,6)15-8-11(3)14(7)12(4)9-15/h10-12H,8-9H2,1-7H3. The molecule has 1 aliphatic rings. The lowest BCUT2D eigenvalue weighted by Crippen LogP contribution is -2.61. The van der Waals surface area contributed by atoms with Gasteiger partial charge >= 0.3 is 0 Å². The van der Waals surface area contributed by atoms with Gasteiger partial charge in [0, 0.05) is 30.7 Å². The Morgan fingerprint density at radius 1 is 1.07 bits per heavy atom. The van der Waals surface area contributed by atoms with Gasteiger partial charge in [0.2, 0.25) is 0 Å². The van der Waals surface area contributed by atoms with Gasteiger partial charge in [-0.15, -0.1) is 0 Å². The van der Waals surface area contributed by atoms with Gasteiger partial charge in [0.1, 0.15) is 0 Å². The molecule has 0 radical (unpaired) electrons. The zero-order valence-corrected chi connectivity index (χ0v) is 11.5. The van der Waals surface area contributed by atoms with Gasteiger partial charge in [0.25, 0.3) is 0 Å². The second-order valence-corrected chi connectivity index (χ2v) is 6.08. The molecule has 90 valence electrons. The maximum Gasteiger partial charge on any atom is 0.0195 e. The molecule has 0 saturated carbocycles. The van der Waals surface area contributed by atoms with Crippen molar-refractivity contribution >= 4 is 0 Å². The van der Waals surface area contributed by atoms with E-state index in [4.69, 9.17) is 0 Å². The third-order valence-electron chi connectivity index (χ3n) is 4.59. The third-order valence-corrected chi connectivity index (χ3v) is 4.59. The molecule has 2 unspecified atom stereocenters. The normalized spacial score (nSPS) is 31.2. The highest BCUT2D eigenvalue weighted by Crippen LogP contribution is 2.28. The van der Waals surface area contributed by atoms with Crippen molar-refractivity contribution in [2.45, 2.75) is 59.2 Å².